The summed E-state index contributed by atoms with van der Waals surface area (Å²) in [5.74, 6) is 1.84. The van der Waals surface area contributed by atoms with Crippen LogP contribution >= 0.6 is 0 Å². The lowest BCUT2D eigenvalue weighted by Gasteiger charge is -2.21. The van der Waals surface area contributed by atoms with Crippen molar-refractivity contribution in [1.29, 1.82) is 0 Å². The Kier molecular flexibility index (Phi) is 5.05. The average molecular weight is 319 g/mol. The summed E-state index contributed by atoms with van der Waals surface area (Å²) >= 11 is 0. The van der Waals surface area contributed by atoms with E-state index in [4.69, 9.17) is 4.42 Å². The molecule has 1 unspecified atom stereocenters. The Morgan fingerprint density at radius 3 is 2.87 bits per heavy atom. The molecule has 2 fully saturated rings. The van der Waals surface area contributed by atoms with Crippen LogP contribution in [0.4, 0.5) is 4.79 Å². The Morgan fingerprint density at radius 1 is 1.35 bits per heavy atom. The predicted molar refractivity (Wildman–Crippen MR) is 88.4 cm³/mol. The van der Waals surface area contributed by atoms with Gasteiger partial charge in [-0.25, -0.2) is 4.79 Å². The molecule has 2 heterocycles. The molecule has 126 valence electrons. The van der Waals surface area contributed by atoms with E-state index in [-0.39, 0.29) is 12.1 Å². The second-order valence-electron chi connectivity index (χ2n) is 6.13. The molecular weight excluding hydrogens is 294 g/mol. The van der Waals surface area contributed by atoms with E-state index in [1.54, 1.807) is 13.3 Å². The van der Waals surface area contributed by atoms with Crippen LogP contribution in [0.5, 0.6) is 0 Å². The molecule has 3 rings (SSSR count). The number of carbonyl (C=O) groups is 1. The third kappa shape index (κ3) is 4.64. The van der Waals surface area contributed by atoms with E-state index in [0.717, 1.165) is 57.0 Å². The Labute approximate surface area is 136 Å². The summed E-state index contributed by atoms with van der Waals surface area (Å²) in [7, 11) is 1.79. The second-order valence-corrected chi connectivity index (χ2v) is 6.13. The van der Waals surface area contributed by atoms with E-state index in [0.29, 0.717) is 6.04 Å². The third-order valence-electron chi connectivity index (χ3n) is 4.18. The molecule has 1 aliphatic carbocycles. The molecule has 1 saturated carbocycles. The number of hydrogen-bond acceptors (Lipinski definition) is 3. The van der Waals surface area contributed by atoms with Crippen LogP contribution in [-0.4, -0.2) is 55.7 Å². The van der Waals surface area contributed by atoms with Crippen molar-refractivity contribution in [2.45, 2.75) is 37.8 Å². The fourth-order valence-corrected chi connectivity index (χ4v) is 2.80. The third-order valence-corrected chi connectivity index (χ3v) is 4.18. The lowest BCUT2D eigenvalue weighted by molar-refractivity contribution is 0.237. The normalized spacial score (nSPS) is 21.3. The lowest BCUT2D eigenvalue weighted by atomic mass is 10.3. The number of guanidine groups is 1. The van der Waals surface area contributed by atoms with Gasteiger partial charge in [0.1, 0.15) is 5.76 Å². The van der Waals surface area contributed by atoms with Crippen molar-refractivity contribution >= 4 is 12.0 Å². The Morgan fingerprint density at radius 2 is 2.17 bits per heavy atom. The smallest absolute Gasteiger partial charge is 0.315 e. The van der Waals surface area contributed by atoms with Crippen LogP contribution in [0.1, 0.15) is 25.0 Å². The minimum atomic E-state index is -0.0416. The highest BCUT2D eigenvalue weighted by Crippen LogP contribution is 2.18. The van der Waals surface area contributed by atoms with Crippen molar-refractivity contribution in [2.75, 3.05) is 26.7 Å². The first-order chi connectivity index (χ1) is 11.2. The Balaban J connectivity index is 1.39. The van der Waals surface area contributed by atoms with Crippen LogP contribution in [0.3, 0.4) is 0 Å². The zero-order valence-electron chi connectivity index (χ0n) is 13.5. The maximum absolute atomic E-state index is 11.8. The number of hydrogen-bond donors (Lipinski definition) is 3. The number of nitrogens with zero attached hydrogens (tertiary/aromatic N) is 2. The fraction of sp³-hybridized carbons (Fsp3) is 0.625. The molecule has 2 aliphatic rings. The van der Waals surface area contributed by atoms with Gasteiger partial charge in [0.25, 0.3) is 0 Å². The molecule has 0 aromatic carbocycles. The number of carbonyl (C=O) groups excluding carboxylic acids is 1. The number of rotatable bonds is 5. The first-order valence-electron chi connectivity index (χ1n) is 8.29. The second kappa shape index (κ2) is 7.39. The molecule has 3 N–H and O–H groups in total. The van der Waals surface area contributed by atoms with Gasteiger partial charge in [0.2, 0.25) is 0 Å². The van der Waals surface area contributed by atoms with Gasteiger partial charge in [-0.2, -0.15) is 0 Å². The highest BCUT2D eigenvalue weighted by molar-refractivity contribution is 5.80. The van der Waals surface area contributed by atoms with Crippen molar-refractivity contribution in [1.82, 2.24) is 20.9 Å². The van der Waals surface area contributed by atoms with Crippen LogP contribution in [0.2, 0.25) is 0 Å². The van der Waals surface area contributed by atoms with Gasteiger partial charge in [0.05, 0.1) is 6.26 Å². The van der Waals surface area contributed by atoms with Crippen molar-refractivity contribution < 1.29 is 9.21 Å². The summed E-state index contributed by atoms with van der Waals surface area (Å²) in [5.41, 5.74) is 0. The summed E-state index contributed by atoms with van der Waals surface area (Å²) in [6, 6.07) is 4.40. The maximum atomic E-state index is 11.8. The van der Waals surface area contributed by atoms with Gasteiger partial charge in [0, 0.05) is 45.2 Å². The first-order valence-corrected chi connectivity index (χ1v) is 8.29. The van der Waals surface area contributed by atoms with E-state index in [1.165, 1.54) is 0 Å². The largest absolute Gasteiger partial charge is 0.469 e. The molecule has 1 aromatic heterocycles. The predicted octanol–water partition coefficient (Wildman–Crippen LogP) is 0.933. The SMILES string of the molecule is CN=C(NCCc1ccco1)N1CCC(NC(=O)NC2CC2)C1. The van der Waals surface area contributed by atoms with Crippen LogP contribution in [0, 0.1) is 0 Å². The van der Waals surface area contributed by atoms with Gasteiger partial charge in [-0.3, -0.25) is 4.99 Å². The van der Waals surface area contributed by atoms with Crippen LogP contribution in [-0.2, 0) is 6.42 Å². The highest BCUT2D eigenvalue weighted by Gasteiger charge is 2.28. The summed E-state index contributed by atoms with van der Waals surface area (Å²) in [6.07, 6.45) is 5.67. The summed E-state index contributed by atoms with van der Waals surface area (Å²) < 4.78 is 5.32. The van der Waals surface area contributed by atoms with Gasteiger partial charge < -0.3 is 25.3 Å². The standard InChI is InChI=1S/C16H25N5O2/c1-17-15(18-8-6-14-3-2-10-23-14)21-9-7-13(11-21)20-16(22)19-12-4-5-12/h2-3,10,12-13H,4-9,11H2,1H3,(H,17,18)(H2,19,20,22). The molecule has 7 heteroatoms. The molecule has 1 saturated heterocycles. The van der Waals surface area contributed by atoms with Gasteiger partial charge >= 0.3 is 6.03 Å². The molecule has 1 atom stereocenters. The van der Waals surface area contributed by atoms with Crippen molar-refractivity contribution in [2.24, 2.45) is 4.99 Å². The number of urea groups is 1. The number of furan rings is 1. The van der Waals surface area contributed by atoms with E-state index in [1.807, 2.05) is 12.1 Å². The minimum Gasteiger partial charge on any atom is -0.469 e. The summed E-state index contributed by atoms with van der Waals surface area (Å²) in [5, 5.41) is 9.37. The van der Waals surface area contributed by atoms with Crippen LogP contribution in [0.15, 0.2) is 27.8 Å². The van der Waals surface area contributed by atoms with E-state index in [9.17, 15) is 4.79 Å². The number of nitrogens with one attached hydrogen (secondary N) is 3. The zero-order chi connectivity index (χ0) is 16.1. The molecule has 2 amide bonds. The minimum absolute atomic E-state index is 0.0416. The monoisotopic (exact) mass is 319 g/mol. The van der Waals surface area contributed by atoms with E-state index < -0.39 is 0 Å². The van der Waals surface area contributed by atoms with Crippen molar-refractivity contribution in [3.63, 3.8) is 0 Å². The molecule has 1 aromatic rings. The highest BCUT2D eigenvalue weighted by atomic mass is 16.3. The number of amides is 2. The van der Waals surface area contributed by atoms with Gasteiger partial charge in [-0.15, -0.1) is 0 Å². The molecule has 0 bridgehead atoms. The lowest BCUT2D eigenvalue weighted by Crippen LogP contribution is -2.46. The molecule has 23 heavy (non-hydrogen) atoms. The van der Waals surface area contributed by atoms with Gasteiger partial charge in [-0.1, -0.05) is 0 Å². The quantitative estimate of drug-likeness (QED) is 0.557. The maximum Gasteiger partial charge on any atom is 0.315 e. The first kappa shape index (κ1) is 15.7. The van der Waals surface area contributed by atoms with Gasteiger partial charge in [-0.05, 0) is 31.4 Å². The van der Waals surface area contributed by atoms with E-state index >= 15 is 0 Å². The molecule has 1 aliphatic heterocycles. The fourth-order valence-electron chi connectivity index (χ4n) is 2.80. The summed E-state index contributed by atoms with van der Waals surface area (Å²) in [6.45, 7) is 2.46. The summed E-state index contributed by atoms with van der Waals surface area (Å²) in [4.78, 5) is 18.3. The van der Waals surface area contributed by atoms with Gasteiger partial charge in [0.15, 0.2) is 5.96 Å². The van der Waals surface area contributed by atoms with Crippen LogP contribution < -0.4 is 16.0 Å². The number of aliphatic imine (C=N–C) groups is 1. The van der Waals surface area contributed by atoms with Crippen LogP contribution in [0.25, 0.3) is 0 Å². The van der Waals surface area contributed by atoms with Crippen molar-refractivity contribution in [3.05, 3.63) is 24.2 Å². The topological polar surface area (TPSA) is 81.9 Å². The average Bonchev–Trinajstić information content (AvgIpc) is 3.02. The molecular formula is C16H25N5O2. The number of likely N-dealkylation sites (tertiary alicyclic amines) is 1. The van der Waals surface area contributed by atoms with E-state index in [2.05, 4.69) is 25.8 Å². The molecule has 7 nitrogen and oxygen atoms in total. The zero-order valence-corrected chi connectivity index (χ0v) is 13.5. The van der Waals surface area contributed by atoms with Crippen molar-refractivity contribution in [3.8, 4) is 0 Å². The molecule has 0 spiro atoms. The Hall–Kier alpha value is -2.18. The Bertz CT molecular complexity index is 539. The molecule has 0 radical (unpaired) electrons.